The number of carbonyl (C=O) groups excluding carboxylic acids is 1. The lowest BCUT2D eigenvalue weighted by molar-refractivity contribution is 0.102. The second-order valence-corrected chi connectivity index (χ2v) is 4.37. The highest BCUT2D eigenvalue weighted by molar-refractivity contribution is 6.05. The summed E-state index contributed by atoms with van der Waals surface area (Å²) < 4.78 is 26.9. The van der Waals surface area contributed by atoms with Crippen LogP contribution < -0.4 is 5.32 Å². The molecule has 0 aliphatic heterocycles. The zero-order valence-corrected chi connectivity index (χ0v) is 10.6. The fourth-order valence-corrected chi connectivity index (χ4v) is 1.87. The van der Waals surface area contributed by atoms with Gasteiger partial charge >= 0.3 is 0 Å². The van der Waals surface area contributed by atoms with E-state index in [2.05, 4.69) is 5.32 Å². The van der Waals surface area contributed by atoms with Crippen molar-refractivity contribution in [2.45, 2.75) is 13.8 Å². The van der Waals surface area contributed by atoms with Crippen molar-refractivity contribution in [3.63, 3.8) is 0 Å². The summed E-state index contributed by atoms with van der Waals surface area (Å²) in [6, 6.07) is 8.70. The van der Waals surface area contributed by atoms with Crippen LogP contribution in [0.3, 0.4) is 0 Å². The minimum atomic E-state index is -0.793. The van der Waals surface area contributed by atoms with E-state index in [1.54, 1.807) is 19.1 Å². The van der Waals surface area contributed by atoms with Gasteiger partial charge in [-0.25, -0.2) is 8.78 Å². The maximum atomic E-state index is 13.4. The van der Waals surface area contributed by atoms with E-state index in [1.165, 1.54) is 6.07 Å². The normalized spacial score (nSPS) is 10.3. The Morgan fingerprint density at radius 2 is 1.68 bits per heavy atom. The summed E-state index contributed by atoms with van der Waals surface area (Å²) in [6.07, 6.45) is 0. The molecule has 0 unspecified atom stereocenters. The Morgan fingerprint density at radius 3 is 2.26 bits per heavy atom. The molecule has 0 spiro atoms. The van der Waals surface area contributed by atoms with Crippen LogP contribution in [0.25, 0.3) is 0 Å². The molecule has 2 aromatic carbocycles. The third-order valence-corrected chi connectivity index (χ3v) is 2.83. The number of anilines is 1. The van der Waals surface area contributed by atoms with Gasteiger partial charge in [0.1, 0.15) is 17.3 Å². The maximum Gasteiger partial charge on any atom is 0.256 e. The van der Waals surface area contributed by atoms with Gasteiger partial charge in [0.15, 0.2) is 0 Å². The molecule has 2 aromatic rings. The van der Waals surface area contributed by atoms with Crippen LogP contribution in [0.5, 0.6) is 0 Å². The Hall–Kier alpha value is -2.23. The lowest BCUT2D eigenvalue weighted by atomic mass is 10.1. The van der Waals surface area contributed by atoms with E-state index < -0.39 is 23.2 Å². The molecule has 0 aromatic heterocycles. The van der Waals surface area contributed by atoms with E-state index in [0.717, 1.165) is 23.3 Å². The highest BCUT2D eigenvalue weighted by Gasteiger charge is 2.14. The lowest BCUT2D eigenvalue weighted by Gasteiger charge is -2.09. The van der Waals surface area contributed by atoms with E-state index in [0.29, 0.717) is 5.56 Å². The number of halogens is 2. The van der Waals surface area contributed by atoms with E-state index >= 15 is 0 Å². The van der Waals surface area contributed by atoms with Crippen molar-refractivity contribution in [1.29, 1.82) is 0 Å². The van der Waals surface area contributed by atoms with E-state index in [4.69, 9.17) is 0 Å². The Morgan fingerprint density at radius 1 is 1.05 bits per heavy atom. The number of hydrogen-bond donors (Lipinski definition) is 1. The first kappa shape index (κ1) is 13.2. The second-order valence-electron chi connectivity index (χ2n) is 4.37. The predicted octanol–water partition coefficient (Wildman–Crippen LogP) is 3.83. The molecule has 4 heteroatoms. The van der Waals surface area contributed by atoms with Crippen LogP contribution >= 0.6 is 0 Å². The first-order valence-electron chi connectivity index (χ1n) is 5.81. The van der Waals surface area contributed by atoms with Gasteiger partial charge in [0, 0.05) is 5.56 Å². The molecule has 1 amide bonds. The first-order valence-corrected chi connectivity index (χ1v) is 5.81. The minimum absolute atomic E-state index is 0.397. The zero-order chi connectivity index (χ0) is 14.0. The van der Waals surface area contributed by atoms with Crippen LogP contribution in [0.15, 0.2) is 36.4 Å². The average Bonchev–Trinajstić information content (AvgIpc) is 2.33. The highest BCUT2D eigenvalue weighted by atomic mass is 19.1. The summed E-state index contributed by atoms with van der Waals surface area (Å²) in [5, 5.41) is 2.27. The molecule has 98 valence electrons. The molecule has 0 aliphatic carbocycles. The van der Waals surface area contributed by atoms with Gasteiger partial charge in [0.25, 0.3) is 5.91 Å². The molecule has 0 atom stereocenters. The molecule has 2 nitrogen and oxygen atoms in total. The second kappa shape index (κ2) is 5.18. The summed E-state index contributed by atoms with van der Waals surface area (Å²) in [5.74, 6) is -2.11. The Bertz CT molecular complexity index is 618. The molecule has 1 N–H and O–H groups in total. The molecule has 0 bridgehead atoms. The summed E-state index contributed by atoms with van der Waals surface area (Å²) in [7, 11) is 0. The summed E-state index contributed by atoms with van der Waals surface area (Å²) >= 11 is 0. The smallest absolute Gasteiger partial charge is 0.256 e. The van der Waals surface area contributed by atoms with Crippen molar-refractivity contribution in [3.05, 3.63) is 64.7 Å². The van der Waals surface area contributed by atoms with Gasteiger partial charge in [-0.15, -0.1) is 0 Å². The van der Waals surface area contributed by atoms with Crippen LogP contribution in [-0.2, 0) is 0 Å². The molecular weight excluding hydrogens is 248 g/mol. The number of aryl methyl sites for hydroxylation is 2. The Balaban J connectivity index is 2.31. The van der Waals surface area contributed by atoms with Gasteiger partial charge in [-0.1, -0.05) is 23.8 Å². The van der Waals surface area contributed by atoms with Gasteiger partial charge in [0.05, 0.1) is 0 Å². The quantitative estimate of drug-likeness (QED) is 0.874. The number of carbonyl (C=O) groups is 1. The van der Waals surface area contributed by atoms with Gasteiger partial charge in [-0.05, 0) is 37.6 Å². The van der Waals surface area contributed by atoms with Crippen molar-refractivity contribution in [2.75, 3.05) is 5.32 Å². The number of hydrogen-bond acceptors (Lipinski definition) is 1. The number of para-hydroxylation sites is 1. The summed E-state index contributed by atoms with van der Waals surface area (Å²) in [4.78, 5) is 12.0. The third-order valence-electron chi connectivity index (χ3n) is 2.83. The molecule has 0 radical (unpaired) electrons. The van der Waals surface area contributed by atoms with Crippen molar-refractivity contribution in [1.82, 2.24) is 0 Å². The number of benzene rings is 2. The first-order chi connectivity index (χ1) is 8.99. The zero-order valence-electron chi connectivity index (χ0n) is 10.6. The average molecular weight is 261 g/mol. The molecule has 2 rings (SSSR count). The lowest BCUT2D eigenvalue weighted by Crippen LogP contribution is -2.15. The van der Waals surface area contributed by atoms with Crippen LogP contribution in [-0.4, -0.2) is 5.91 Å². The van der Waals surface area contributed by atoms with Crippen molar-refractivity contribution in [3.8, 4) is 0 Å². The standard InChI is InChI=1S/C15H13F2NO/c1-9-6-7-11(10(2)8-9)15(19)18-14-12(16)4-3-5-13(14)17/h3-8H,1-2H3,(H,18,19). The van der Waals surface area contributed by atoms with Crippen molar-refractivity contribution >= 4 is 11.6 Å². The summed E-state index contributed by atoms with van der Waals surface area (Å²) in [6.45, 7) is 3.69. The largest absolute Gasteiger partial charge is 0.317 e. The number of rotatable bonds is 2. The van der Waals surface area contributed by atoms with Gasteiger partial charge < -0.3 is 5.32 Å². The van der Waals surface area contributed by atoms with E-state index in [-0.39, 0.29) is 0 Å². The Labute approximate surface area is 110 Å². The fourth-order valence-electron chi connectivity index (χ4n) is 1.87. The highest BCUT2D eigenvalue weighted by Crippen LogP contribution is 2.20. The molecule has 0 aliphatic rings. The number of amides is 1. The third kappa shape index (κ3) is 2.78. The van der Waals surface area contributed by atoms with Gasteiger partial charge in [-0.2, -0.15) is 0 Å². The van der Waals surface area contributed by atoms with Crippen LogP contribution in [0.1, 0.15) is 21.5 Å². The monoisotopic (exact) mass is 261 g/mol. The predicted molar refractivity (Wildman–Crippen MR) is 70.2 cm³/mol. The molecule has 19 heavy (non-hydrogen) atoms. The fraction of sp³-hybridized carbons (Fsp3) is 0.133. The number of nitrogens with one attached hydrogen (secondary N) is 1. The Kier molecular flexibility index (Phi) is 3.60. The van der Waals surface area contributed by atoms with E-state index in [9.17, 15) is 13.6 Å². The van der Waals surface area contributed by atoms with Gasteiger partial charge in [-0.3, -0.25) is 4.79 Å². The SMILES string of the molecule is Cc1ccc(C(=O)Nc2c(F)cccc2F)c(C)c1. The van der Waals surface area contributed by atoms with Crippen molar-refractivity contribution < 1.29 is 13.6 Å². The molecule has 0 fully saturated rings. The van der Waals surface area contributed by atoms with Crippen LogP contribution in [0.2, 0.25) is 0 Å². The molecule has 0 heterocycles. The molecule has 0 saturated heterocycles. The topological polar surface area (TPSA) is 29.1 Å². The minimum Gasteiger partial charge on any atom is -0.317 e. The molecular formula is C15H13F2NO. The maximum absolute atomic E-state index is 13.4. The van der Waals surface area contributed by atoms with E-state index in [1.807, 2.05) is 13.0 Å². The van der Waals surface area contributed by atoms with Crippen LogP contribution in [0.4, 0.5) is 14.5 Å². The summed E-state index contributed by atoms with van der Waals surface area (Å²) in [5.41, 5.74) is 1.75. The van der Waals surface area contributed by atoms with Crippen LogP contribution in [0, 0.1) is 25.5 Å². The van der Waals surface area contributed by atoms with Crippen molar-refractivity contribution in [2.24, 2.45) is 0 Å². The van der Waals surface area contributed by atoms with Gasteiger partial charge in [0.2, 0.25) is 0 Å². The molecule has 0 saturated carbocycles.